The summed E-state index contributed by atoms with van der Waals surface area (Å²) in [7, 11) is -3.55. The van der Waals surface area contributed by atoms with E-state index in [1.807, 2.05) is 18.2 Å². The van der Waals surface area contributed by atoms with Crippen molar-refractivity contribution in [3.8, 4) is 5.75 Å². The average molecular weight is 436 g/mol. The summed E-state index contributed by atoms with van der Waals surface area (Å²) in [6, 6.07) is 15.1. The molecule has 0 bridgehead atoms. The third-order valence-electron chi connectivity index (χ3n) is 4.09. The number of carbonyl (C=O) groups is 1. The molecular formula is C19H21N3O5S2. The molecular weight excluding hydrogens is 414 g/mol. The van der Waals surface area contributed by atoms with E-state index in [-0.39, 0.29) is 16.6 Å². The summed E-state index contributed by atoms with van der Waals surface area (Å²) < 4.78 is 37.2. The van der Waals surface area contributed by atoms with E-state index in [9.17, 15) is 13.2 Å². The van der Waals surface area contributed by atoms with Crippen LogP contribution in [0.5, 0.6) is 5.75 Å². The molecule has 1 heterocycles. The number of hydrogen-bond donors (Lipinski definition) is 2. The average Bonchev–Trinajstić information content (AvgIpc) is 2.74. The van der Waals surface area contributed by atoms with Gasteiger partial charge in [-0.3, -0.25) is 10.1 Å². The molecule has 0 atom stereocenters. The van der Waals surface area contributed by atoms with Crippen LogP contribution in [0, 0.1) is 0 Å². The van der Waals surface area contributed by atoms with Crippen LogP contribution in [0.1, 0.15) is 0 Å². The Kier molecular flexibility index (Phi) is 7.15. The van der Waals surface area contributed by atoms with E-state index in [0.717, 1.165) is 0 Å². The Bertz CT molecular complexity index is 944. The van der Waals surface area contributed by atoms with Crippen LogP contribution in [-0.2, 0) is 19.6 Å². The fourth-order valence-corrected chi connectivity index (χ4v) is 4.28. The van der Waals surface area contributed by atoms with Crippen LogP contribution in [-0.4, -0.2) is 56.7 Å². The van der Waals surface area contributed by atoms with Crippen molar-refractivity contribution in [1.82, 2.24) is 9.62 Å². The van der Waals surface area contributed by atoms with Gasteiger partial charge in [-0.05, 0) is 48.6 Å². The number of nitrogens with zero attached hydrogens (tertiary/aromatic N) is 1. The van der Waals surface area contributed by atoms with Gasteiger partial charge in [0.1, 0.15) is 5.75 Å². The van der Waals surface area contributed by atoms with Crippen molar-refractivity contribution in [2.75, 3.05) is 38.2 Å². The number of thiocarbonyl (C=S) groups is 1. The molecule has 0 radical (unpaired) electrons. The molecule has 0 spiro atoms. The van der Waals surface area contributed by atoms with Crippen LogP contribution in [0.4, 0.5) is 5.69 Å². The topological polar surface area (TPSA) is 97.0 Å². The lowest BCUT2D eigenvalue weighted by Crippen LogP contribution is -2.40. The number of para-hydroxylation sites is 1. The van der Waals surface area contributed by atoms with Crippen molar-refractivity contribution >= 4 is 38.9 Å². The molecule has 3 rings (SSSR count). The lowest BCUT2D eigenvalue weighted by Gasteiger charge is -2.26. The first-order chi connectivity index (χ1) is 13.9. The maximum Gasteiger partial charge on any atom is 0.264 e. The fourth-order valence-electron chi connectivity index (χ4n) is 2.64. The molecule has 2 aromatic rings. The van der Waals surface area contributed by atoms with Gasteiger partial charge in [0.2, 0.25) is 10.0 Å². The van der Waals surface area contributed by atoms with Crippen molar-refractivity contribution in [2.24, 2.45) is 0 Å². The smallest absolute Gasteiger partial charge is 0.264 e. The fraction of sp³-hybridized carbons (Fsp3) is 0.263. The minimum absolute atomic E-state index is 0.0930. The molecule has 0 saturated carbocycles. The molecule has 0 unspecified atom stereocenters. The molecule has 1 aliphatic heterocycles. The van der Waals surface area contributed by atoms with E-state index in [4.69, 9.17) is 21.7 Å². The summed E-state index contributed by atoms with van der Waals surface area (Å²) in [5.74, 6) is 0.177. The molecule has 10 heteroatoms. The van der Waals surface area contributed by atoms with Crippen LogP contribution >= 0.6 is 12.2 Å². The number of ether oxygens (including phenoxy) is 2. The summed E-state index contributed by atoms with van der Waals surface area (Å²) in [4.78, 5) is 12.1. The number of benzene rings is 2. The maximum atomic E-state index is 12.6. The number of nitrogens with one attached hydrogen (secondary N) is 2. The molecule has 1 fully saturated rings. The SMILES string of the molecule is O=C(COc1ccccc1)NC(=S)Nc1ccc(S(=O)(=O)N2CCOCC2)cc1. The van der Waals surface area contributed by atoms with Gasteiger partial charge in [0, 0.05) is 18.8 Å². The van der Waals surface area contributed by atoms with Crippen LogP contribution in [0.15, 0.2) is 59.5 Å². The van der Waals surface area contributed by atoms with Gasteiger partial charge < -0.3 is 14.8 Å². The second-order valence-corrected chi connectivity index (χ2v) is 8.49. The van der Waals surface area contributed by atoms with E-state index in [1.54, 1.807) is 24.3 Å². The molecule has 1 aliphatic rings. The van der Waals surface area contributed by atoms with Gasteiger partial charge in [-0.15, -0.1) is 0 Å². The second kappa shape index (κ2) is 9.79. The number of carbonyl (C=O) groups excluding carboxylic acids is 1. The van der Waals surface area contributed by atoms with Gasteiger partial charge in [-0.2, -0.15) is 4.31 Å². The van der Waals surface area contributed by atoms with E-state index in [2.05, 4.69) is 10.6 Å². The Morgan fingerprint density at radius 3 is 2.38 bits per heavy atom. The quantitative estimate of drug-likeness (QED) is 0.665. The highest BCUT2D eigenvalue weighted by atomic mass is 32.2. The van der Waals surface area contributed by atoms with Crippen molar-refractivity contribution < 1.29 is 22.7 Å². The summed E-state index contributed by atoms with van der Waals surface area (Å²) in [6.45, 7) is 1.28. The highest BCUT2D eigenvalue weighted by Gasteiger charge is 2.26. The third-order valence-corrected chi connectivity index (χ3v) is 6.20. The van der Waals surface area contributed by atoms with Gasteiger partial charge in [-0.1, -0.05) is 18.2 Å². The molecule has 2 aromatic carbocycles. The number of hydrogen-bond acceptors (Lipinski definition) is 6. The monoisotopic (exact) mass is 435 g/mol. The largest absolute Gasteiger partial charge is 0.484 e. The summed E-state index contributed by atoms with van der Waals surface area (Å²) in [5, 5.41) is 5.45. The molecule has 0 aromatic heterocycles. The molecule has 154 valence electrons. The van der Waals surface area contributed by atoms with Gasteiger partial charge in [0.15, 0.2) is 11.7 Å². The minimum atomic E-state index is -3.55. The van der Waals surface area contributed by atoms with Crippen molar-refractivity contribution in [1.29, 1.82) is 0 Å². The van der Waals surface area contributed by atoms with Crippen LogP contribution in [0.25, 0.3) is 0 Å². The number of rotatable bonds is 6. The van der Waals surface area contributed by atoms with Gasteiger partial charge in [-0.25, -0.2) is 8.42 Å². The zero-order chi connectivity index (χ0) is 20.7. The Morgan fingerprint density at radius 2 is 1.72 bits per heavy atom. The number of anilines is 1. The zero-order valence-electron chi connectivity index (χ0n) is 15.5. The zero-order valence-corrected chi connectivity index (χ0v) is 17.2. The van der Waals surface area contributed by atoms with Crippen molar-refractivity contribution in [2.45, 2.75) is 4.90 Å². The summed E-state index contributed by atoms with van der Waals surface area (Å²) >= 11 is 5.11. The standard InChI is InChI=1S/C19H21N3O5S2/c23-18(14-27-16-4-2-1-3-5-16)21-19(28)20-15-6-8-17(9-7-15)29(24,25)22-10-12-26-13-11-22/h1-9H,10-14H2,(H2,20,21,23,28). The lowest BCUT2D eigenvalue weighted by molar-refractivity contribution is -0.121. The number of sulfonamides is 1. The molecule has 1 saturated heterocycles. The van der Waals surface area contributed by atoms with Crippen molar-refractivity contribution in [3.63, 3.8) is 0 Å². The first kappa shape index (κ1) is 21.2. The molecule has 2 N–H and O–H groups in total. The lowest BCUT2D eigenvalue weighted by atomic mass is 10.3. The first-order valence-electron chi connectivity index (χ1n) is 8.92. The van der Waals surface area contributed by atoms with Gasteiger partial charge >= 0.3 is 0 Å². The Morgan fingerprint density at radius 1 is 1.07 bits per heavy atom. The number of amides is 1. The number of morpholine rings is 1. The molecule has 8 nitrogen and oxygen atoms in total. The second-order valence-electron chi connectivity index (χ2n) is 6.14. The molecule has 29 heavy (non-hydrogen) atoms. The van der Waals surface area contributed by atoms with E-state index < -0.39 is 15.9 Å². The molecule has 0 aliphatic carbocycles. The highest BCUT2D eigenvalue weighted by Crippen LogP contribution is 2.19. The molecule has 1 amide bonds. The van der Waals surface area contributed by atoms with E-state index in [0.29, 0.717) is 37.7 Å². The summed E-state index contributed by atoms with van der Waals surface area (Å²) in [6.07, 6.45) is 0. The highest BCUT2D eigenvalue weighted by molar-refractivity contribution is 7.89. The van der Waals surface area contributed by atoms with Crippen LogP contribution < -0.4 is 15.4 Å². The Labute approximate surface area is 174 Å². The first-order valence-corrected chi connectivity index (χ1v) is 10.8. The van der Waals surface area contributed by atoms with Crippen LogP contribution in [0.3, 0.4) is 0 Å². The summed E-state index contributed by atoms with van der Waals surface area (Å²) in [5.41, 5.74) is 0.556. The minimum Gasteiger partial charge on any atom is -0.484 e. The predicted octanol–water partition coefficient (Wildman–Crippen LogP) is 1.60. The maximum absolute atomic E-state index is 12.6. The van der Waals surface area contributed by atoms with Crippen molar-refractivity contribution in [3.05, 3.63) is 54.6 Å². The van der Waals surface area contributed by atoms with E-state index in [1.165, 1.54) is 16.4 Å². The normalized spacial score (nSPS) is 14.8. The van der Waals surface area contributed by atoms with E-state index >= 15 is 0 Å². The Balaban J connectivity index is 1.51. The Hall–Kier alpha value is -2.53. The predicted molar refractivity (Wildman–Crippen MR) is 112 cm³/mol. The third kappa shape index (κ3) is 5.97. The van der Waals surface area contributed by atoms with Gasteiger partial charge in [0.05, 0.1) is 18.1 Å². The van der Waals surface area contributed by atoms with Crippen LogP contribution in [0.2, 0.25) is 0 Å². The van der Waals surface area contributed by atoms with Gasteiger partial charge in [0.25, 0.3) is 5.91 Å².